The van der Waals surface area contributed by atoms with Gasteiger partial charge in [-0.1, -0.05) is 0 Å². The Morgan fingerprint density at radius 3 is 2.50 bits per heavy atom. The van der Waals surface area contributed by atoms with Crippen LogP contribution in [0.2, 0.25) is 0 Å². The number of methoxy groups -OCH3 is 2. The molecule has 0 saturated carbocycles. The highest BCUT2D eigenvalue weighted by atomic mass is 19.3. The fraction of sp³-hybridized carbons (Fsp3) is 0.417. The summed E-state index contributed by atoms with van der Waals surface area (Å²) in [7, 11) is 2.59. The van der Waals surface area contributed by atoms with E-state index in [-0.39, 0.29) is 11.5 Å². The standard InChI is InChI=1S/C12H12F3NO4/c1-18-8-3-6(7(13)4-9(8)19-2)10-12(14,15)5-20-11(17)16-10/h3-4,10H,5H2,1-2H3,(H,16,17)/t10-/m1/s1. The number of nitrogens with one attached hydrogen (secondary N) is 1. The van der Waals surface area contributed by atoms with Crippen molar-refractivity contribution >= 4 is 6.09 Å². The maximum absolute atomic E-state index is 13.9. The van der Waals surface area contributed by atoms with Crippen LogP contribution >= 0.6 is 0 Å². The van der Waals surface area contributed by atoms with Gasteiger partial charge in [0.15, 0.2) is 18.1 Å². The van der Waals surface area contributed by atoms with E-state index in [1.54, 1.807) is 0 Å². The summed E-state index contributed by atoms with van der Waals surface area (Å²) < 4.78 is 55.5. The van der Waals surface area contributed by atoms with Gasteiger partial charge in [-0.25, -0.2) is 18.0 Å². The Morgan fingerprint density at radius 2 is 1.90 bits per heavy atom. The average molecular weight is 291 g/mol. The molecule has 8 heteroatoms. The molecule has 1 saturated heterocycles. The highest BCUT2D eigenvalue weighted by Crippen LogP contribution is 2.39. The number of carbonyl (C=O) groups excluding carboxylic acids is 1. The van der Waals surface area contributed by atoms with Crippen LogP contribution in [0, 0.1) is 5.82 Å². The molecule has 20 heavy (non-hydrogen) atoms. The number of carbonyl (C=O) groups is 1. The van der Waals surface area contributed by atoms with Crippen molar-refractivity contribution in [1.29, 1.82) is 0 Å². The number of rotatable bonds is 3. The molecule has 1 N–H and O–H groups in total. The second-order valence-corrected chi connectivity index (χ2v) is 4.14. The van der Waals surface area contributed by atoms with Gasteiger partial charge in [-0.3, -0.25) is 0 Å². The monoisotopic (exact) mass is 291 g/mol. The third-order valence-corrected chi connectivity index (χ3v) is 2.89. The van der Waals surface area contributed by atoms with E-state index in [4.69, 9.17) is 9.47 Å². The zero-order chi connectivity index (χ0) is 14.9. The molecule has 0 radical (unpaired) electrons. The molecule has 1 aliphatic heterocycles. The van der Waals surface area contributed by atoms with Crippen molar-refractivity contribution in [2.75, 3.05) is 20.8 Å². The van der Waals surface area contributed by atoms with Crippen LogP contribution in [-0.4, -0.2) is 32.8 Å². The van der Waals surface area contributed by atoms with E-state index in [2.05, 4.69) is 4.74 Å². The molecule has 0 unspecified atom stereocenters. The predicted octanol–water partition coefficient (Wildman–Crippen LogP) is 2.26. The zero-order valence-electron chi connectivity index (χ0n) is 10.7. The van der Waals surface area contributed by atoms with Crippen molar-refractivity contribution < 1.29 is 32.2 Å². The summed E-state index contributed by atoms with van der Waals surface area (Å²) in [6.45, 7) is -1.11. The van der Waals surface area contributed by atoms with Gasteiger partial charge in [0, 0.05) is 11.6 Å². The predicted molar refractivity (Wildman–Crippen MR) is 61.7 cm³/mol. The van der Waals surface area contributed by atoms with Crippen LogP contribution in [0.3, 0.4) is 0 Å². The Hall–Kier alpha value is -2.12. The fourth-order valence-corrected chi connectivity index (χ4v) is 1.91. The van der Waals surface area contributed by atoms with E-state index in [0.29, 0.717) is 0 Å². The summed E-state index contributed by atoms with van der Waals surface area (Å²) in [6, 6.07) is 0.160. The summed E-state index contributed by atoms with van der Waals surface area (Å²) in [5.41, 5.74) is -0.399. The van der Waals surface area contributed by atoms with Crippen molar-refractivity contribution in [3.8, 4) is 11.5 Å². The third kappa shape index (κ3) is 2.45. The van der Waals surface area contributed by atoms with E-state index in [1.807, 2.05) is 5.32 Å². The number of alkyl halides is 2. The van der Waals surface area contributed by atoms with Crippen molar-refractivity contribution in [2.45, 2.75) is 12.0 Å². The lowest BCUT2D eigenvalue weighted by atomic mass is 9.99. The van der Waals surface area contributed by atoms with Crippen LogP contribution in [0.15, 0.2) is 12.1 Å². The second kappa shape index (κ2) is 5.10. The van der Waals surface area contributed by atoms with Crippen molar-refractivity contribution in [3.63, 3.8) is 0 Å². The molecule has 1 amide bonds. The minimum Gasteiger partial charge on any atom is -0.493 e. The van der Waals surface area contributed by atoms with Crippen LogP contribution in [0.25, 0.3) is 0 Å². The smallest absolute Gasteiger partial charge is 0.408 e. The van der Waals surface area contributed by atoms with Crippen LogP contribution in [0.1, 0.15) is 11.6 Å². The van der Waals surface area contributed by atoms with E-state index in [0.717, 1.165) is 12.1 Å². The Kier molecular flexibility index (Phi) is 3.65. The summed E-state index contributed by atoms with van der Waals surface area (Å²) in [5.74, 6) is -4.22. The van der Waals surface area contributed by atoms with Crippen molar-refractivity contribution in [3.05, 3.63) is 23.5 Å². The quantitative estimate of drug-likeness (QED) is 0.928. The molecule has 1 aromatic carbocycles. The molecule has 1 aromatic rings. The zero-order valence-corrected chi connectivity index (χ0v) is 10.7. The molecule has 1 heterocycles. The summed E-state index contributed by atoms with van der Waals surface area (Å²) in [5, 5.41) is 1.91. The average Bonchev–Trinajstić information content (AvgIpc) is 2.41. The highest BCUT2D eigenvalue weighted by Gasteiger charge is 2.48. The van der Waals surface area contributed by atoms with E-state index in [9.17, 15) is 18.0 Å². The molecule has 110 valence electrons. The molecule has 0 aromatic heterocycles. The number of benzene rings is 1. The van der Waals surface area contributed by atoms with Gasteiger partial charge in [0.2, 0.25) is 0 Å². The Balaban J connectivity index is 2.47. The number of amides is 1. The highest BCUT2D eigenvalue weighted by molar-refractivity contribution is 5.69. The van der Waals surface area contributed by atoms with Gasteiger partial charge in [-0.05, 0) is 6.07 Å². The first-order valence-corrected chi connectivity index (χ1v) is 5.61. The number of alkyl carbamates (subject to hydrolysis) is 1. The Bertz CT molecular complexity index is 536. The minimum atomic E-state index is -3.44. The lowest BCUT2D eigenvalue weighted by Crippen LogP contribution is -2.49. The van der Waals surface area contributed by atoms with E-state index in [1.165, 1.54) is 14.2 Å². The molecule has 1 aliphatic rings. The van der Waals surface area contributed by atoms with Gasteiger partial charge < -0.3 is 19.5 Å². The number of ether oxygens (including phenoxy) is 3. The number of hydrogen-bond donors (Lipinski definition) is 1. The van der Waals surface area contributed by atoms with Gasteiger partial charge in [0.1, 0.15) is 11.9 Å². The Labute approximate surface area is 112 Å². The Morgan fingerprint density at radius 1 is 1.30 bits per heavy atom. The first kappa shape index (κ1) is 14.3. The molecule has 1 atom stereocenters. The van der Waals surface area contributed by atoms with Gasteiger partial charge in [-0.2, -0.15) is 0 Å². The first-order chi connectivity index (χ1) is 9.39. The lowest BCUT2D eigenvalue weighted by molar-refractivity contribution is -0.105. The van der Waals surface area contributed by atoms with E-state index < -0.39 is 36.0 Å². The number of cyclic esters (lactones) is 1. The summed E-state index contributed by atoms with van der Waals surface area (Å²) in [6.07, 6.45) is -1.03. The maximum Gasteiger partial charge on any atom is 0.408 e. The van der Waals surface area contributed by atoms with Gasteiger partial charge in [-0.15, -0.1) is 0 Å². The van der Waals surface area contributed by atoms with Crippen molar-refractivity contribution in [2.24, 2.45) is 0 Å². The lowest BCUT2D eigenvalue weighted by Gasteiger charge is -2.32. The van der Waals surface area contributed by atoms with Gasteiger partial charge in [0.25, 0.3) is 0 Å². The molecular weight excluding hydrogens is 279 g/mol. The maximum atomic E-state index is 13.9. The van der Waals surface area contributed by atoms with Crippen LogP contribution < -0.4 is 14.8 Å². The number of hydrogen-bond acceptors (Lipinski definition) is 4. The molecule has 0 bridgehead atoms. The molecular formula is C12H12F3NO4. The SMILES string of the molecule is COc1cc(F)c([C@H]2NC(=O)OCC2(F)F)cc1OC. The molecule has 5 nitrogen and oxygen atoms in total. The van der Waals surface area contributed by atoms with Gasteiger partial charge in [0.05, 0.1) is 14.2 Å². The van der Waals surface area contributed by atoms with Crippen LogP contribution in [0.5, 0.6) is 11.5 Å². The van der Waals surface area contributed by atoms with Gasteiger partial charge >= 0.3 is 12.0 Å². The van der Waals surface area contributed by atoms with Crippen LogP contribution in [-0.2, 0) is 4.74 Å². The molecule has 0 spiro atoms. The topological polar surface area (TPSA) is 56.8 Å². The largest absolute Gasteiger partial charge is 0.493 e. The second-order valence-electron chi connectivity index (χ2n) is 4.14. The van der Waals surface area contributed by atoms with Crippen molar-refractivity contribution in [1.82, 2.24) is 5.32 Å². The molecule has 1 fully saturated rings. The summed E-state index contributed by atoms with van der Waals surface area (Å²) in [4.78, 5) is 11.1. The summed E-state index contributed by atoms with van der Waals surface area (Å²) >= 11 is 0. The molecule has 0 aliphatic carbocycles. The first-order valence-electron chi connectivity index (χ1n) is 5.61. The van der Waals surface area contributed by atoms with Crippen LogP contribution in [0.4, 0.5) is 18.0 Å². The minimum absolute atomic E-state index is 0.0652. The van der Waals surface area contributed by atoms with E-state index >= 15 is 0 Å². The normalized spacial score (nSPS) is 20.9. The fourth-order valence-electron chi connectivity index (χ4n) is 1.91. The number of halogens is 3. The molecule has 2 rings (SSSR count). The third-order valence-electron chi connectivity index (χ3n) is 2.89.